The van der Waals surface area contributed by atoms with Crippen LogP contribution in [0.1, 0.15) is 67.9 Å². The van der Waals surface area contributed by atoms with Crippen molar-refractivity contribution in [3.63, 3.8) is 0 Å². The fourth-order valence-electron chi connectivity index (χ4n) is 3.10. The van der Waals surface area contributed by atoms with E-state index in [0.717, 1.165) is 5.56 Å². The van der Waals surface area contributed by atoms with Gasteiger partial charge in [0.1, 0.15) is 36.3 Å². The van der Waals surface area contributed by atoms with Crippen molar-refractivity contribution in [2.75, 3.05) is 34.3 Å². The van der Waals surface area contributed by atoms with Gasteiger partial charge >= 0.3 is 12.1 Å². The lowest BCUT2D eigenvalue weighted by Gasteiger charge is -2.39. The Morgan fingerprint density at radius 1 is 0.829 bits per heavy atom. The van der Waals surface area contributed by atoms with Crippen LogP contribution in [0.3, 0.4) is 0 Å². The van der Waals surface area contributed by atoms with Crippen LogP contribution in [0.2, 0.25) is 36.3 Å². The molecule has 236 valence electrons. The van der Waals surface area contributed by atoms with E-state index in [2.05, 4.69) is 73.0 Å². The van der Waals surface area contributed by atoms with E-state index < -0.39 is 40.3 Å². The molecule has 1 amide bonds. The number of hydrogen-bond acceptors (Lipinski definition) is 6. The summed E-state index contributed by atoms with van der Waals surface area (Å²) in [5.74, 6) is 0.887. The molecule has 0 fully saturated rings. The Hall–Kier alpha value is -2.05. The number of alkyl carbamates (subject to hydrolysis) is 1. The minimum absolute atomic E-state index is 0.0118. The first kappa shape index (κ1) is 37.0. The number of amides is 1. The molecule has 41 heavy (non-hydrogen) atoms. The summed E-state index contributed by atoms with van der Waals surface area (Å²) in [6, 6.07) is 4.90. The molecule has 1 N–H and O–H groups in total. The summed E-state index contributed by atoms with van der Waals surface area (Å²) in [6.45, 7) is 28.3. The highest BCUT2D eigenvalue weighted by Gasteiger charge is 2.42. The Morgan fingerprint density at radius 3 is 1.76 bits per heavy atom. The van der Waals surface area contributed by atoms with Crippen molar-refractivity contribution in [2.24, 2.45) is 0 Å². The summed E-state index contributed by atoms with van der Waals surface area (Å²) in [6.07, 6.45) is -0.446. The molecule has 0 heterocycles. The molecule has 0 aliphatic carbocycles. The second kappa shape index (κ2) is 13.1. The quantitative estimate of drug-likeness (QED) is 0.163. The van der Waals surface area contributed by atoms with Gasteiger partial charge in [0.2, 0.25) is 0 Å². The molecule has 1 rings (SSSR count). The lowest BCUT2D eigenvalue weighted by atomic mass is 10.1. The molecule has 0 aromatic heterocycles. The number of nitrogens with zero attached hydrogens (tertiary/aromatic N) is 1. The van der Waals surface area contributed by atoms with Crippen molar-refractivity contribution in [3.05, 3.63) is 23.8 Å². The zero-order valence-electron chi connectivity index (χ0n) is 28.8. The zero-order valence-corrected chi connectivity index (χ0v) is 30.8. The number of rotatable bonds is 11. The molecule has 8 nitrogen and oxygen atoms in total. The number of nitrogens with one attached hydrogen (secondary N) is 1. The Labute approximate surface area is 252 Å². The van der Waals surface area contributed by atoms with Gasteiger partial charge in [0.25, 0.3) is 16.6 Å². The van der Waals surface area contributed by atoms with Crippen LogP contribution in [0.15, 0.2) is 18.2 Å². The summed E-state index contributed by atoms with van der Waals surface area (Å²) in [7, 11) is 1.71. The summed E-state index contributed by atoms with van der Waals surface area (Å²) < 4.78 is 25.2. The fourth-order valence-corrected chi connectivity index (χ4v) is 5.14. The number of ether oxygens (including phenoxy) is 2. The monoisotopic (exact) mass is 611 g/mol. The molecule has 1 aromatic rings. The van der Waals surface area contributed by atoms with Crippen LogP contribution in [0, 0.1) is 0 Å². The van der Waals surface area contributed by atoms with Crippen LogP contribution < -0.4 is 14.2 Å². The van der Waals surface area contributed by atoms with Crippen LogP contribution in [-0.2, 0) is 20.7 Å². The van der Waals surface area contributed by atoms with E-state index in [1.54, 1.807) is 20.8 Å². The van der Waals surface area contributed by atoms with Crippen molar-refractivity contribution in [3.8, 4) is 11.5 Å². The maximum absolute atomic E-state index is 13.2. The van der Waals surface area contributed by atoms with Crippen molar-refractivity contribution in [1.29, 1.82) is 0 Å². The largest absolute Gasteiger partial charge is 0.541 e. The van der Waals surface area contributed by atoms with Crippen LogP contribution in [0.5, 0.6) is 11.5 Å². The van der Waals surface area contributed by atoms with Gasteiger partial charge in [-0.15, -0.1) is 0 Å². The highest BCUT2D eigenvalue weighted by molar-refractivity contribution is 6.75. The number of carbonyl (C=O) groups is 2. The van der Waals surface area contributed by atoms with E-state index >= 15 is 0 Å². The SMILES string of the molecule is CC(C)(C)OC(=O)N[C@@H](Cc1ccc(O[Si](C)(C)C(C)(C)C)c(O[Si](C)(C)C(C)(C)C)c1)C(=O)OCC[N+](C)(C)C. The molecule has 0 saturated heterocycles. The molecule has 0 unspecified atom stereocenters. The fraction of sp³-hybridized carbons (Fsp3) is 0.742. The first-order valence-corrected chi connectivity index (χ1v) is 20.4. The molecule has 0 radical (unpaired) electrons. The Morgan fingerprint density at radius 2 is 1.32 bits per heavy atom. The van der Waals surface area contributed by atoms with E-state index in [-0.39, 0.29) is 23.1 Å². The average molecular weight is 612 g/mol. The van der Waals surface area contributed by atoms with Crippen LogP contribution >= 0.6 is 0 Å². The van der Waals surface area contributed by atoms with Gasteiger partial charge in [-0.05, 0) is 74.7 Å². The van der Waals surface area contributed by atoms with E-state index in [1.165, 1.54) is 0 Å². The predicted molar refractivity (Wildman–Crippen MR) is 173 cm³/mol. The van der Waals surface area contributed by atoms with Gasteiger partial charge in [0.05, 0.1) is 21.1 Å². The summed E-state index contributed by atoms with van der Waals surface area (Å²) >= 11 is 0. The number of carbonyl (C=O) groups excluding carboxylic acids is 2. The summed E-state index contributed by atoms with van der Waals surface area (Å²) in [4.78, 5) is 25.9. The second-order valence-electron chi connectivity index (χ2n) is 16.1. The number of benzene rings is 1. The smallest absolute Gasteiger partial charge is 0.408 e. The van der Waals surface area contributed by atoms with Crippen LogP contribution in [0.4, 0.5) is 4.79 Å². The maximum Gasteiger partial charge on any atom is 0.408 e. The van der Waals surface area contributed by atoms with E-state index in [4.69, 9.17) is 18.3 Å². The first-order chi connectivity index (χ1) is 18.1. The topological polar surface area (TPSA) is 83.1 Å². The standard InChI is InChI=1S/C31H58N2O6Si2/c1-29(2,3)37-28(35)32-24(27(34)36-20-19-33(10,11)12)21-23-17-18-25(38-40(13,14)30(4,5)6)26(22-23)39-41(15,16)31(7,8)9/h17-18,22,24H,19-21H2,1-16H3/p+1/t24-/m0/s1. The van der Waals surface area contributed by atoms with E-state index in [0.29, 0.717) is 22.5 Å². The highest BCUT2D eigenvalue weighted by atomic mass is 28.4. The van der Waals surface area contributed by atoms with Crippen molar-refractivity contribution < 1.29 is 32.4 Å². The number of hydrogen-bond donors (Lipinski definition) is 1. The average Bonchev–Trinajstić information content (AvgIpc) is 2.70. The molecular weight excluding hydrogens is 553 g/mol. The van der Waals surface area contributed by atoms with Crippen molar-refractivity contribution in [2.45, 2.75) is 117 Å². The minimum Gasteiger partial charge on any atom is -0.541 e. The molecule has 0 spiro atoms. The Bertz CT molecular complexity index is 1040. The van der Waals surface area contributed by atoms with Gasteiger partial charge in [0, 0.05) is 6.42 Å². The van der Waals surface area contributed by atoms with Gasteiger partial charge in [-0.1, -0.05) is 47.6 Å². The molecule has 1 atom stereocenters. The molecule has 1 aromatic carbocycles. The van der Waals surface area contributed by atoms with Gasteiger partial charge in [-0.2, -0.15) is 0 Å². The second-order valence-corrected chi connectivity index (χ2v) is 25.5. The van der Waals surface area contributed by atoms with E-state index in [9.17, 15) is 9.59 Å². The number of esters is 1. The molecule has 10 heteroatoms. The van der Waals surface area contributed by atoms with Crippen molar-refractivity contribution in [1.82, 2.24) is 5.32 Å². The lowest BCUT2D eigenvalue weighted by molar-refractivity contribution is -0.870. The molecule has 0 bridgehead atoms. The third kappa shape index (κ3) is 12.4. The Kier molecular flexibility index (Phi) is 11.8. The third-order valence-corrected chi connectivity index (χ3v) is 16.5. The highest BCUT2D eigenvalue weighted by Crippen LogP contribution is 2.43. The normalized spacial score (nSPS) is 14.2. The summed E-state index contributed by atoms with van der Waals surface area (Å²) in [5.41, 5.74) is 0.126. The third-order valence-electron chi connectivity index (χ3n) is 7.77. The van der Waals surface area contributed by atoms with Crippen LogP contribution in [0.25, 0.3) is 0 Å². The lowest BCUT2D eigenvalue weighted by Crippen LogP contribution is -2.46. The predicted octanol–water partition coefficient (Wildman–Crippen LogP) is 7.14. The molecular formula is C31H59N2O6Si2+. The molecule has 0 aliphatic rings. The zero-order chi connectivity index (χ0) is 32.2. The molecule has 0 aliphatic heterocycles. The minimum atomic E-state index is -2.22. The number of likely N-dealkylation sites (N-methyl/N-ethyl adjacent to an activating group) is 1. The van der Waals surface area contributed by atoms with Gasteiger partial charge in [-0.3, -0.25) is 0 Å². The Balaban J connectivity index is 3.46. The summed E-state index contributed by atoms with van der Waals surface area (Å²) in [5, 5.41) is 2.73. The van der Waals surface area contributed by atoms with Gasteiger partial charge in [-0.25, -0.2) is 9.59 Å². The maximum atomic E-state index is 13.2. The van der Waals surface area contributed by atoms with Gasteiger partial charge in [0.15, 0.2) is 0 Å². The number of quaternary nitrogens is 1. The molecule has 0 saturated carbocycles. The first-order valence-electron chi connectivity index (χ1n) is 14.6. The van der Waals surface area contributed by atoms with Crippen LogP contribution in [-0.4, -0.2) is 79.1 Å². The van der Waals surface area contributed by atoms with Crippen molar-refractivity contribution >= 4 is 28.7 Å². The van der Waals surface area contributed by atoms with Gasteiger partial charge < -0.3 is 28.1 Å². The van der Waals surface area contributed by atoms with E-state index in [1.807, 2.05) is 39.3 Å².